The zero-order valence-electron chi connectivity index (χ0n) is 19.7. The summed E-state index contributed by atoms with van der Waals surface area (Å²) in [5.41, 5.74) is 12.7. The van der Waals surface area contributed by atoms with Gasteiger partial charge in [-0.05, 0) is 67.9 Å². The molecule has 0 saturated heterocycles. The Morgan fingerprint density at radius 2 is 0.972 bits per heavy atom. The summed E-state index contributed by atoms with van der Waals surface area (Å²) in [5.74, 6) is 0. The molecule has 168 valence electrons. The van der Waals surface area contributed by atoms with Gasteiger partial charge in [-0.2, -0.15) is 0 Å². The minimum Gasteiger partial charge on any atom is -0.355 e. The lowest BCUT2D eigenvalue weighted by atomic mass is 9.70. The summed E-state index contributed by atoms with van der Waals surface area (Å²) >= 11 is 0. The van der Waals surface area contributed by atoms with E-state index in [4.69, 9.17) is 0 Å². The zero-order valence-corrected chi connectivity index (χ0v) is 19.7. The first-order valence-electron chi connectivity index (χ1n) is 12.5. The number of hydrogen-bond acceptors (Lipinski definition) is 1. The molecule has 0 amide bonds. The van der Waals surface area contributed by atoms with Gasteiger partial charge in [0.2, 0.25) is 0 Å². The molecule has 6 aromatic carbocycles. The lowest BCUT2D eigenvalue weighted by Gasteiger charge is -2.30. The Bertz CT molecular complexity index is 1780. The van der Waals surface area contributed by atoms with Crippen molar-refractivity contribution in [3.8, 4) is 22.3 Å². The first-order valence-corrected chi connectivity index (χ1v) is 12.5. The van der Waals surface area contributed by atoms with Crippen molar-refractivity contribution < 1.29 is 0 Å². The quantitative estimate of drug-likeness (QED) is 0.273. The predicted octanol–water partition coefficient (Wildman–Crippen LogP) is 8.93. The van der Waals surface area contributed by atoms with Crippen molar-refractivity contribution in [2.45, 2.75) is 5.41 Å². The van der Waals surface area contributed by atoms with Gasteiger partial charge in [0.1, 0.15) is 0 Å². The minimum atomic E-state index is -0.305. The highest BCUT2D eigenvalue weighted by atomic mass is 14.9. The largest absolute Gasteiger partial charge is 0.355 e. The van der Waals surface area contributed by atoms with Crippen LogP contribution >= 0.6 is 0 Å². The van der Waals surface area contributed by atoms with E-state index in [-0.39, 0.29) is 5.41 Å². The van der Waals surface area contributed by atoms with E-state index in [1.807, 2.05) is 0 Å². The zero-order chi connectivity index (χ0) is 23.7. The Kier molecular flexibility index (Phi) is 3.93. The second-order valence-corrected chi connectivity index (χ2v) is 9.80. The summed E-state index contributed by atoms with van der Waals surface area (Å²) in [6, 6.07) is 48.8. The van der Waals surface area contributed by atoms with Crippen LogP contribution in [0.4, 0.5) is 11.4 Å². The van der Waals surface area contributed by atoms with E-state index in [1.54, 1.807) is 0 Å². The molecule has 0 heterocycles. The average Bonchev–Trinajstić information content (AvgIpc) is 3.41. The molecular formula is C35H23N. The second-order valence-electron chi connectivity index (χ2n) is 9.80. The monoisotopic (exact) mass is 457 g/mol. The van der Waals surface area contributed by atoms with Crippen LogP contribution in [0.3, 0.4) is 0 Å². The van der Waals surface area contributed by atoms with Crippen LogP contribution in [0.15, 0.2) is 133 Å². The number of fused-ring (bicyclic) bond motifs is 11. The van der Waals surface area contributed by atoms with Gasteiger partial charge in [0, 0.05) is 16.9 Å². The number of rotatable bonds is 2. The molecule has 36 heavy (non-hydrogen) atoms. The summed E-state index contributed by atoms with van der Waals surface area (Å²) in [5, 5.41) is 6.29. The van der Waals surface area contributed by atoms with Crippen LogP contribution in [0.25, 0.3) is 33.0 Å². The highest BCUT2D eigenvalue weighted by Gasteiger charge is 2.51. The van der Waals surface area contributed by atoms with Gasteiger partial charge in [-0.3, -0.25) is 0 Å². The topological polar surface area (TPSA) is 12.0 Å². The van der Waals surface area contributed by atoms with Crippen LogP contribution in [0, 0.1) is 0 Å². The van der Waals surface area contributed by atoms with Crippen molar-refractivity contribution in [1.82, 2.24) is 0 Å². The smallest absolute Gasteiger partial charge is 0.0726 e. The highest BCUT2D eigenvalue weighted by molar-refractivity contribution is 5.99. The van der Waals surface area contributed by atoms with E-state index in [2.05, 4.69) is 139 Å². The predicted molar refractivity (Wildman–Crippen MR) is 150 cm³/mol. The molecule has 2 aliphatic rings. The number of benzene rings is 6. The van der Waals surface area contributed by atoms with Crippen molar-refractivity contribution in [2.75, 3.05) is 5.32 Å². The summed E-state index contributed by atoms with van der Waals surface area (Å²) < 4.78 is 0. The molecule has 0 saturated carbocycles. The van der Waals surface area contributed by atoms with Crippen molar-refractivity contribution in [1.29, 1.82) is 0 Å². The molecule has 2 aliphatic carbocycles. The highest BCUT2D eigenvalue weighted by Crippen LogP contribution is 2.63. The summed E-state index contributed by atoms with van der Waals surface area (Å²) in [6.07, 6.45) is 0. The third kappa shape index (κ3) is 2.44. The molecule has 0 aliphatic heterocycles. The first kappa shape index (κ1) is 19.7. The van der Waals surface area contributed by atoms with Gasteiger partial charge in [-0.1, -0.05) is 115 Å². The van der Waals surface area contributed by atoms with Crippen molar-refractivity contribution in [2.24, 2.45) is 0 Å². The van der Waals surface area contributed by atoms with Gasteiger partial charge in [0.25, 0.3) is 0 Å². The van der Waals surface area contributed by atoms with Crippen molar-refractivity contribution in [3.63, 3.8) is 0 Å². The lowest BCUT2D eigenvalue weighted by molar-refractivity contribution is 0.794. The normalized spacial score (nSPS) is 13.8. The second kappa shape index (κ2) is 7.19. The fourth-order valence-electron chi connectivity index (χ4n) is 6.67. The third-order valence-corrected chi connectivity index (χ3v) is 8.05. The fraction of sp³-hybridized carbons (Fsp3) is 0.0286. The van der Waals surface area contributed by atoms with E-state index in [0.717, 1.165) is 11.4 Å². The molecule has 0 unspecified atom stereocenters. The molecule has 0 fully saturated rings. The lowest BCUT2D eigenvalue weighted by Crippen LogP contribution is -2.25. The molecule has 0 aromatic heterocycles. The van der Waals surface area contributed by atoms with E-state index < -0.39 is 0 Å². The molecule has 1 N–H and O–H groups in total. The Morgan fingerprint density at radius 3 is 1.69 bits per heavy atom. The molecule has 0 atom stereocenters. The molecule has 8 rings (SSSR count). The standard InChI is InChI=1S/C35H23N/c1-2-11-24-22-25(21-20-23(24)10-1)36-33-19-9-18-32-34(33)28-14-5-8-17-31(28)35(32)29-15-6-3-12-26(29)27-13-4-7-16-30(27)35/h1-22,36H. The average molecular weight is 458 g/mol. The van der Waals surface area contributed by atoms with E-state index in [1.165, 1.54) is 55.3 Å². The number of hydrogen-bond donors (Lipinski definition) is 1. The van der Waals surface area contributed by atoms with E-state index >= 15 is 0 Å². The molecule has 1 spiro atoms. The minimum absolute atomic E-state index is 0.305. The molecule has 0 bridgehead atoms. The van der Waals surface area contributed by atoms with Crippen LogP contribution in [-0.2, 0) is 5.41 Å². The number of anilines is 2. The molecular weight excluding hydrogens is 434 g/mol. The van der Waals surface area contributed by atoms with Gasteiger partial charge in [-0.15, -0.1) is 0 Å². The molecule has 0 radical (unpaired) electrons. The summed E-state index contributed by atoms with van der Waals surface area (Å²) in [6.45, 7) is 0. The molecule has 6 aromatic rings. The third-order valence-electron chi connectivity index (χ3n) is 8.05. The van der Waals surface area contributed by atoms with Gasteiger partial charge in [0.05, 0.1) is 5.41 Å². The Hall–Kier alpha value is -4.62. The van der Waals surface area contributed by atoms with Crippen LogP contribution in [0.5, 0.6) is 0 Å². The van der Waals surface area contributed by atoms with Gasteiger partial charge < -0.3 is 5.32 Å². The van der Waals surface area contributed by atoms with Gasteiger partial charge in [0.15, 0.2) is 0 Å². The van der Waals surface area contributed by atoms with Crippen LogP contribution in [0.2, 0.25) is 0 Å². The Balaban J connectivity index is 1.41. The molecule has 1 nitrogen and oxygen atoms in total. The van der Waals surface area contributed by atoms with Crippen LogP contribution in [0.1, 0.15) is 22.3 Å². The van der Waals surface area contributed by atoms with Crippen molar-refractivity contribution >= 4 is 22.1 Å². The maximum atomic E-state index is 3.79. The maximum Gasteiger partial charge on any atom is 0.0726 e. The van der Waals surface area contributed by atoms with Crippen LogP contribution in [-0.4, -0.2) is 0 Å². The maximum absolute atomic E-state index is 3.79. The van der Waals surface area contributed by atoms with Gasteiger partial charge >= 0.3 is 0 Å². The van der Waals surface area contributed by atoms with Crippen molar-refractivity contribution in [3.05, 3.63) is 156 Å². The Labute approximate surface area is 210 Å². The molecule has 1 heteroatoms. The van der Waals surface area contributed by atoms with Gasteiger partial charge in [-0.25, -0.2) is 0 Å². The SMILES string of the molecule is c1ccc2c(c1)-c1ccccc1C21c2ccccc2-c2c(Nc3ccc4ccccc4c3)cccc21. The van der Waals surface area contributed by atoms with E-state index in [0.29, 0.717) is 0 Å². The fourth-order valence-corrected chi connectivity index (χ4v) is 6.67. The number of nitrogens with one attached hydrogen (secondary N) is 1. The Morgan fingerprint density at radius 1 is 0.417 bits per heavy atom. The summed E-state index contributed by atoms with van der Waals surface area (Å²) in [4.78, 5) is 0. The van der Waals surface area contributed by atoms with E-state index in [9.17, 15) is 0 Å². The van der Waals surface area contributed by atoms with Crippen LogP contribution < -0.4 is 5.32 Å². The summed E-state index contributed by atoms with van der Waals surface area (Å²) in [7, 11) is 0. The first-order chi connectivity index (χ1) is 17.9.